The molecule has 0 amide bonds. The van der Waals surface area contributed by atoms with Crippen molar-refractivity contribution in [3.05, 3.63) is 53.9 Å². The molecule has 0 aliphatic carbocycles. The Balaban J connectivity index is 1.38. The summed E-state index contributed by atoms with van der Waals surface area (Å²) in [6, 6.07) is 10.7. The molecule has 1 aromatic carbocycles. The van der Waals surface area contributed by atoms with Crippen LogP contribution in [0.2, 0.25) is 0 Å². The number of aliphatic imine (C=N–C) groups is 1. The first kappa shape index (κ1) is 21.6. The van der Waals surface area contributed by atoms with Crippen molar-refractivity contribution in [2.24, 2.45) is 4.99 Å². The van der Waals surface area contributed by atoms with Crippen molar-refractivity contribution < 1.29 is 0 Å². The van der Waals surface area contributed by atoms with Gasteiger partial charge in [-0.05, 0) is 44.4 Å². The van der Waals surface area contributed by atoms with Crippen molar-refractivity contribution >= 4 is 11.9 Å². The maximum Gasteiger partial charge on any atom is 0.225 e. The van der Waals surface area contributed by atoms with Crippen LogP contribution in [0.3, 0.4) is 0 Å². The van der Waals surface area contributed by atoms with E-state index in [4.69, 9.17) is 4.99 Å². The number of aromatic nitrogens is 2. The average molecular weight is 422 g/mol. The van der Waals surface area contributed by atoms with Gasteiger partial charge in [0.15, 0.2) is 5.96 Å². The molecule has 2 aliphatic rings. The SMILES string of the molecule is CCNC(=NCC(C)(C)N1CCc2ccccc2C1)N1CCN(c2ncccn2)CC1. The molecule has 0 saturated carbocycles. The number of hydrogen-bond donors (Lipinski definition) is 1. The third-order valence-electron chi connectivity index (χ3n) is 6.35. The fourth-order valence-electron chi connectivity index (χ4n) is 4.38. The Hall–Kier alpha value is -2.67. The van der Waals surface area contributed by atoms with Gasteiger partial charge >= 0.3 is 0 Å². The molecule has 1 N–H and O–H groups in total. The summed E-state index contributed by atoms with van der Waals surface area (Å²) in [4.78, 5) is 21.0. The highest BCUT2D eigenvalue weighted by molar-refractivity contribution is 5.80. The Morgan fingerprint density at radius 3 is 2.42 bits per heavy atom. The van der Waals surface area contributed by atoms with E-state index in [1.165, 1.54) is 11.1 Å². The van der Waals surface area contributed by atoms with Gasteiger partial charge in [0.25, 0.3) is 0 Å². The zero-order chi connectivity index (χ0) is 21.7. The van der Waals surface area contributed by atoms with Crippen molar-refractivity contribution in [3.8, 4) is 0 Å². The van der Waals surface area contributed by atoms with Crippen molar-refractivity contribution in [1.82, 2.24) is 25.1 Å². The number of fused-ring (bicyclic) bond motifs is 1. The number of piperazine rings is 1. The van der Waals surface area contributed by atoms with Crippen LogP contribution in [0.4, 0.5) is 5.95 Å². The van der Waals surface area contributed by atoms with Crippen LogP contribution >= 0.6 is 0 Å². The van der Waals surface area contributed by atoms with Gasteiger partial charge in [0.1, 0.15) is 0 Å². The van der Waals surface area contributed by atoms with E-state index in [1.54, 1.807) is 12.4 Å². The molecule has 0 bridgehead atoms. The molecule has 2 aromatic rings. The van der Waals surface area contributed by atoms with E-state index < -0.39 is 0 Å². The topological polar surface area (TPSA) is 59.9 Å². The van der Waals surface area contributed by atoms with Gasteiger partial charge in [-0.1, -0.05) is 24.3 Å². The van der Waals surface area contributed by atoms with Crippen LogP contribution in [0.1, 0.15) is 31.9 Å². The number of rotatable bonds is 5. The lowest BCUT2D eigenvalue weighted by Gasteiger charge is -2.41. The molecule has 1 fully saturated rings. The van der Waals surface area contributed by atoms with Crippen LogP contribution < -0.4 is 10.2 Å². The van der Waals surface area contributed by atoms with Gasteiger partial charge in [-0.3, -0.25) is 9.89 Å². The molecular weight excluding hydrogens is 386 g/mol. The Bertz CT molecular complexity index is 873. The molecule has 166 valence electrons. The lowest BCUT2D eigenvalue weighted by molar-refractivity contribution is 0.111. The molecule has 1 aromatic heterocycles. The third-order valence-corrected chi connectivity index (χ3v) is 6.35. The molecule has 3 heterocycles. The Kier molecular flexibility index (Phi) is 6.70. The van der Waals surface area contributed by atoms with E-state index in [-0.39, 0.29) is 5.54 Å². The van der Waals surface area contributed by atoms with Gasteiger partial charge in [0.2, 0.25) is 5.95 Å². The highest BCUT2D eigenvalue weighted by Gasteiger charge is 2.30. The first-order valence-electron chi connectivity index (χ1n) is 11.4. The van der Waals surface area contributed by atoms with E-state index in [1.807, 2.05) is 6.07 Å². The second kappa shape index (κ2) is 9.64. The van der Waals surface area contributed by atoms with Gasteiger partial charge in [0, 0.05) is 63.7 Å². The lowest BCUT2D eigenvalue weighted by Crippen LogP contribution is -2.54. The fraction of sp³-hybridized carbons (Fsp3) is 0.542. The highest BCUT2D eigenvalue weighted by atomic mass is 15.4. The van der Waals surface area contributed by atoms with Crippen molar-refractivity contribution in [2.45, 2.75) is 39.3 Å². The molecule has 0 spiro atoms. The quantitative estimate of drug-likeness (QED) is 0.591. The van der Waals surface area contributed by atoms with Gasteiger partial charge in [-0.2, -0.15) is 0 Å². The van der Waals surface area contributed by atoms with Crippen molar-refractivity contribution in [2.75, 3.05) is 50.7 Å². The van der Waals surface area contributed by atoms with Gasteiger partial charge in [-0.25, -0.2) is 9.97 Å². The normalized spacial score (nSPS) is 18.1. The summed E-state index contributed by atoms with van der Waals surface area (Å²) in [6.07, 6.45) is 4.73. The van der Waals surface area contributed by atoms with E-state index in [2.05, 4.69) is 75.0 Å². The Morgan fingerprint density at radius 2 is 1.71 bits per heavy atom. The largest absolute Gasteiger partial charge is 0.357 e. The first-order valence-corrected chi connectivity index (χ1v) is 11.4. The molecule has 7 nitrogen and oxygen atoms in total. The minimum Gasteiger partial charge on any atom is -0.357 e. The maximum atomic E-state index is 5.08. The van der Waals surface area contributed by atoms with Gasteiger partial charge < -0.3 is 15.1 Å². The summed E-state index contributed by atoms with van der Waals surface area (Å²) in [5.74, 6) is 1.83. The van der Waals surface area contributed by atoms with Crippen molar-refractivity contribution in [3.63, 3.8) is 0 Å². The molecule has 7 heteroatoms. The molecule has 1 saturated heterocycles. The monoisotopic (exact) mass is 421 g/mol. The summed E-state index contributed by atoms with van der Waals surface area (Å²) in [6.45, 7) is 14.2. The summed E-state index contributed by atoms with van der Waals surface area (Å²) < 4.78 is 0. The lowest BCUT2D eigenvalue weighted by atomic mass is 9.94. The molecule has 4 rings (SSSR count). The van der Waals surface area contributed by atoms with E-state index in [9.17, 15) is 0 Å². The number of hydrogen-bond acceptors (Lipinski definition) is 5. The molecule has 0 radical (unpaired) electrons. The molecule has 31 heavy (non-hydrogen) atoms. The van der Waals surface area contributed by atoms with Crippen LogP contribution in [-0.2, 0) is 13.0 Å². The first-order chi connectivity index (χ1) is 15.1. The summed E-state index contributed by atoms with van der Waals surface area (Å²) in [5, 5.41) is 3.51. The second-order valence-electron chi connectivity index (χ2n) is 8.95. The predicted molar refractivity (Wildman–Crippen MR) is 126 cm³/mol. The zero-order valence-electron chi connectivity index (χ0n) is 19.1. The van der Waals surface area contributed by atoms with Crippen LogP contribution in [-0.4, -0.2) is 77.1 Å². The van der Waals surface area contributed by atoms with Crippen LogP contribution in [0.15, 0.2) is 47.7 Å². The Morgan fingerprint density at radius 1 is 1.00 bits per heavy atom. The summed E-state index contributed by atoms with van der Waals surface area (Å²) >= 11 is 0. The molecule has 0 atom stereocenters. The number of nitrogens with zero attached hydrogens (tertiary/aromatic N) is 6. The van der Waals surface area contributed by atoms with Crippen LogP contribution in [0.25, 0.3) is 0 Å². The zero-order valence-corrected chi connectivity index (χ0v) is 19.1. The fourth-order valence-corrected chi connectivity index (χ4v) is 4.38. The Labute approximate surface area is 186 Å². The smallest absolute Gasteiger partial charge is 0.225 e. The highest BCUT2D eigenvalue weighted by Crippen LogP contribution is 2.25. The van der Waals surface area contributed by atoms with Gasteiger partial charge in [-0.15, -0.1) is 0 Å². The van der Waals surface area contributed by atoms with Crippen LogP contribution in [0.5, 0.6) is 0 Å². The molecule has 2 aliphatic heterocycles. The number of benzene rings is 1. The number of anilines is 1. The van der Waals surface area contributed by atoms with Crippen LogP contribution in [0, 0.1) is 0 Å². The van der Waals surface area contributed by atoms with E-state index in [0.29, 0.717) is 0 Å². The van der Waals surface area contributed by atoms with E-state index in [0.717, 1.165) is 70.7 Å². The third kappa shape index (κ3) is 5.15. The minimum atomic E-state index is 0.00784. The minimum absolute atomic E-state index is 0.00784. The van der Waals surface area contributed by atoms with E-state index >= 15 is 0 Å². The maximum absolute atomic E-state index is 5.08. The summed E-state index contributed by atoms with van der Waals surface area (Å²) in [7, 11) is 0. The molecule has 0 unspecified atom stereocenters. The number of guanidine groups is 1. The predicted octanol–water partition coefficient (Wildman–Crippen LogP) is 2.40. The second-order valence-corrected chi connectivity index (χ2v) is 8.95. The average Bonchev–Trinajstić information content (AvgIpc) is 2.82. The van der Waals surface area contributed by atoms with Crippen molar-refractivity contribution in [1.29, 1.82) is 0 Å². The summed E-state index contributed by atoms with van der Waals surface area (Å²) in [5.41, 5.74) is 2.96. The molecular formula is C24H35N7. The number of nitrogens with one attached hydrogen (secondary N) is 1. The van der Waals surface area contributed by atoms with Gasteiger partial charge in [0.05, 0.1) is 6.54 Å². The standard InChI is InChI=1S/C24H35N7/c1-4-25-22(29-14-16-30(17-15-29)23-26-11-7-12-27-23)28-19-24(2,3)31-13-10-20-8-5-6-9-21(20)18-31/h5-9,11-12H,4,10,13-19H2,1-3H3,(H,25,28).